The van der Waals surface area contributed by atoms with E-state index < -0.39 is 5.79 Å². The molecule has 2 aliphatic rings. The fourth-order valence-corrected chi connectivity index (χ4v) is 3.75. The number of carbonyl (C=O) groups excluding carboxylic acids is 1. The molecule has 2 aromatic rings. The number of rotatable bonds is 5. The van der Waals surface area contributed by atoms with Gasteiger partial charge in [-0.1, -0.05) is 30.3 Å². The van der Waals surface area contributed by atoms with E-state index in [0.29, 0.717) is 32.0 Å². The average molecular weight is 382 g/mol. The van der Waals surface area contributed by atoms with Gasteiger partial charge in [-0.05, 0) is 12.5 Å². The van der Waals surface area contributed by atoms with Crippen LogP contribution < -0.4 is 4.90 Å². The van der Waals surface area contributed by atoms with Crippen molar-refractivity contribution in [1.82, 2.24) is 14.9 Å². The maximum absolute atomic E-state index is 12.8. The SMILES string of the molecule is CCN(Cc1ccccc1)C(=O)c1cnc(N2CCC3(CC2)OCCO3)cn1. The highest BCUT2D eigenvalue weighted by Crippen LogP contribution is 2.32. The van der Waals surface area contributed by atoms with Gasteiger partial charge in [-0.25, -0.2) is 9.97 Å². The lowest BCUT2D eigenvalue weighted by atomic mass is 10.0. The van der Waals surface area contributed by atoms with Crippen LogP contribution >= 0.6 is 0 Å². The van der Waals surface area contributed by atoms with Crippen molar-refractivity contribution in [1.29, 1.82) is 0 Å². The van der Waals surface area contributed by atoms with E-state index in [-0.39, 0.29) is 5.91 Å². The first kappa shape index (κ1) is 18.8. The summed E-state index contributed by atoms with van der Waals surface area (Å²) in [5.41, 5.74) is 1.47. The first-order valence-corrected chi connectivity index (χ1v) is 9.87. The summed E-state index contributed by atoms with van der Waals surface area (Å²) in [6.07, 6.45) is 4.91. The lowest BCUT2D eigenvalue weighted by Crippen LogP contribution is -2.45. The van der Waals surface area contributed by atoms with Crippen LogP contribution in [0.1, 0.15) is 35.8 Å². The van der Waals surface area contributed by atoms with Crippen LogP contribution in [0.5, 0.6) is 0 Å². The van der Waals surface area contributed by atoms with Crippen LogP contribution in [0.15, 0.2) is 42.7 Å². The van der Waals surface area contributed by atoms with Crippen LogP contribution in [0.4, 0.5) is 5.82 Å². The molecule has 2 saturated heterocycles. The molecule has 2 fully saturated rings. The van der Waals surface area contributed by atoms with Gasteiger partial charge in [0.1, 0.15) is 11.5 Å². The summed E-state index contributed by atoms with van der Waals surface area (Å²) in [6, 6.07) is 9.97. The van der Waals surface area contributed by atoms with Gasteiger partial charge in [0.05, 0.1) is 25.6 Å². The van der Waals surface area contributed by atoms with Crippen molar-refractivity contribution in [2.24, 2.45) is 0 Å². The Balaban J connectivity index is 1.39. The summed E-state index contributed by atoms with van der Waals surface area (Å²) < 4.78 is 11.5. The fourth-order valence-electron chi connectivity index (χ4n) is 3.75. The molecule has 1 amide bonds. The lowest BCUT2D eigenvalue weighted by Gasteiger charge is -2.37. The number of ether oxygens (including phenoxy) is 2. The zero-order chi connectivity index (χ0) is 19.4. The number of carbonyl (C=O) groups is 1. The van der Waals surface area contributed by atoms with Gasteiger partial charge < -0.3 is 19.3 Å². The molecule has 1 aromatic heterocycles. The molecule has 7 nitrogen and oxygen atoms in total. The second-order valence-corrected chi connectivity index (χ2v) is 7.16. The van der Waals surface area contributed by atoms with Gasteiger partial charge in [0.15, 0.2) is 5.79 Å². The van der Waals surface area contributed by atoms with E-state index in [1.807, 2.05) is 37.3 Å². The molecular formula is C21H26N4O3. The number of piperidine rings is 1. The Kier molecular flexibility index (Phi) is 5.54. The summed E-state index contributed by atoms with van der Waals surface area (Å²) in [7, 11) is 0. The Morgan fingerprint density at radius 3 is 2.43 bits per heavy atom. The predicted octanol–water partition coefficient (Wildman–Crippen LogP) is 2.48. The molecule has 1 spiro atoms. The maximum Gasteiger partial charge on any atom is 0.274 e. The second-order valence-electron chi connectivity index (χ2n) is 7.16. The molecule has 0 unspecified atom stereocenters. The minimum absolute atomic E-state index is 0.101. The number of aromatic nitrogens is 2. The van der Waals surface area contributed by atoms with E-state index in [1.54, 1.807) is 17.3 Å². The number of hydrogen-bond donors (Lipinski definition) is 0. The molecule has 7 heteroatoms. The molecule has 0 radical (unpaired) electrons. The van der Waals surface area contributed by atoms with Crippen LogP contribution in [0, 0.1) is 0 Å². The maximum atomic E-state index is 12.8. The Bertz CT molecular complexity index is 781. The lowest BCUT2D eigenvalue weighted by molar-refractivity contribution is -0.169. The first-order chi connectivity index (χ1) is 13.7. The number of anilines is 1. The van der Waals surface area contributed by atoms with Crippen LogP contribution in [0.25, 0.3) is 0 Å². The van der Waals surface area contributed by atoms with Gasteiger partial charge in [-0.3, -0.25) is 4.79 Å². The Morgan fingerprint density at radius 1 is 1.11 bits per heavy atom. The highest BCUT2D eigenvalue weighted by Gasteiger charge is 2.40. The van der Waals surface area contributed by atoms with Gasteiger partial charge in [-0.15, -0.1) is 0 Å². The van der Waals surface area contributed by atoms with Gasteiger partial charge in [-0.2, -0.15) is 0 Å². The summed E-state index contributed by atoms with van der Waals surface area (Å²) in [5, 5.41) is 0. The fraction of sp³-hybridized carbons (Fsp3) is 0.476. The zero-order valence-electron chi connectivity index (χ0n) is 16.2. The Morgan fingerprint density at radius 2 is 1.82 bits per heavy atom. The van der Waals surface area contributed by atoms with Gasteiger partial charge in [0.2, 0.25) is 0 Å². The van der Waals surface area contributed by atoms with E-state index in [9.17, 15) is 4.79 Å². The average Bonchev–Trinajstić information content (AvgIpc) is 3.21. The van der Waals surface area contributed by atoms with Gasteiger partial charge in [0.25, 0.3) is 5.91 Å². The van der Waals surface area contributed by atoms with Gasteiger partial charge in [0, 0.05) is 39.0 Å². The molecule has 0 aliphatic carbocycles. The van der Waals surface area contributed by atoms with Crippen molar-refractivity contribution in [2.45, 2.75) is 32.1 Å². The van der Waals surface area contributed by atoms with E-state index in [2.05, 4.69) is 14.9 Å². The molecule has 0 N–H and O–H groups in total. The molecule has 1 aromatic carbocycles. The van der Waals surface area contributed by atoms with Crippen LogP contribution in [-0.4, -0.2) is 59.4 Å². The first-order valence-electron chi connectivity index (χ1n) is 9.87. The van der Waals surface area contributed by atoms with Crippen molar-refractivity contribution < 1.29 is 14.3 Å². The Labute approximate surface area is 165 Å². The molecule has 28 heavy (non-hydrogen) atoms. The van der Waals surface area contributed by atoms with Gasteiger partial charge >= 0.3 is 0 Å². The van der Waals surface area contributed by atoms with Crippen molar-refractivity contribution in [2.75, 3.05) is 37.7 Å². The molecule has 0 bridgehead atoms. The standard InChI is InChI=1S/C21H26N4O3/c1-2-24(16-17-6-4-3-5-7-17)20(26)18-14-23-19(15-22-18)25-10-8-21(9-11-25)27-12-13-28-21/h3-7,14-15H,2,8-13,16H2,1H3. The third-order valence-electron chi connectivity index (χ3n) is 5.41. The molecule has 3 heterocycles. The minimum atomic E-state index is -0.404. The highest BCUT2D eigenvalue weighted by atomic mass is 16.7. The topological polar surface area (TPSA) is 67.8 Å². The molecule has 148 valence electrons. The number of amides is 1. The van der Waals surface area contributed by atoms with Crippen molar-refractivity contribution >= 4 is 11.7 Å². The van der Waals surface area contributed by atoms with Crippen molar-refractivity contribution in [3.8, 4) is 0 Å². The quantitative estimate of drug-likeness (QED) is 0.791. The highest BCUT2D eigenvalue weighted by molar-refractivity contribution is 5.92. The normalized spacial score (nSPS) is 18.4. The molecular weight excluding hydrogens is 356 g/mol. The van der Waals surface area contributed by atoms with E-state index in [0.717, 1.165) is 37.3 Å². The molecule has 4 rings (SSSR count). The van der Waals surface area contributed by atoms with Crippen molar-refractivity contribution in [3.63, 3.8) is 0 Å². The summed E-state index contributed by atoms with van der Waals surface area (Å²) in [4.78, 5) is 25.6. The summed E-state index contributed by atoms with van der Waals surface area (Å²) in [5.74, 6) is 0.282. The smallest absolute Gasteiger partial charge is 0.274 e. The molecule has 0 saturated carbocycles. The van der Waals surface area contributed by atoms with E-state index >= 15 is 0 Å². The van der Waals surface area contributed by atoms with Crippen molar-refractivity contribution in [3.05, 3.63) is 54.0 Å². The number of benzene rings is 1. The summed E-state index contributed by atoms with van der Waals surface area (Å²) in [6.45, 7) is 6.10. The monoisotopic (exact) mass is 382 g/mol. The molecule has 2 aliphatic heterocycles. The van der Waals surface area contributed by atoms with Crippen LogP contribution in [0.2, 0.25) is 0 Å². The van der Waals surface area contributed by atoms with Crippen LogP contribution in [0.3, 0.4) is 0 Å². The predicted molar refractivity (Wildman–Crippen MR) is 105 cm³/mol. The largest absolute Gasteiger partial charge is 0.355 e. The second kappa shape index (κ2) is 8.24. The minimum Gasteiger partial charge on any atom is -0.355 e. The molecule has 0 atom stereocenters. The van der Waals surface area contributed by atoms with E-state index in [1.165, 1.54) is 0 Å². The van der Waals surface area contributed by atoms with Crippen LogP contribution in [-0.2, 0) is 16.0 Å². The summed E-state index contributed by atoms with van der Waals surface area (Å²) >= 11 is 0. The number of nitrogens with zero attached hydrogens (tertiary/aromatic N) is 4. The third-order valence-corrected chi connectivity index (χ3v) is 5.41. The zero-order valence-corrected chi connectivity index (χ0v) is 16.2. The van der Waals surface area contributed by atoms with E-state index in [4.69, 9.17) is 9.47 Å². The Hall–Kier alpha value is -2.51. The number of hydrogen-bond acceptors (Lipinski definition) is 6. The third kappa shape index (κ3) is 4.00.